The fraction of sp³-hybridized carbons (Fsp3) is 0.756. The lowest BCUT2D eigenvalue weighted by Crippen LogP contribution is -2.50. The monoisotopic (exact) mass is 747 g/mol. The number of ether oxygens (including phenoxy) is 3. The standard InChI is InChI=1S/C45H79NO7/c1-6-8-10-12-14-16-17-18-19-20-21-22-23-24-25-26-27-28-30-32-34-36-44(48)53-41(39-51-38-37-42(45(49)50)46(3,4)5)40-52-43(47)35-33-31-29-15-13-11-9-7-2/h14,16,18-19,21-22,24-25,41-42H,6-13,15,17,20,23,26-40H2,1-5H3/p+1/b16-14+,19-18+,22-21+,25-24+. The third-order valence-electron chi connectivity index (χ3n) is 9.23. The minimum absolute atomic E-state index is 0.0533. The summed E-state index contributed by atoms with van der Waals surface area (Å²) in [6.07, 6.45) is 41.6. The predicted molar refractivity (Wildman–Crippen MR) is 220 cm³/mol. The third-order valence-corrected chi connectivity index (χ3v) is 9.23. The Morgan fingerprint density at radius 1 is 0.566 bits per heavy atom. The summed E-state index contributed by atoms with van der Waals surface area (Å²) >= 11 is 0. The van der Waals surface area contributed by atoms with E-state index in [1.165, 1.54) is 57.8 Å². The predicted octanol–water partition coefficient (Wildman–Crippen LogP) is 11.2. The zero-order valence-corrected chi connectivity index (χ0v) is 34.7. The number of rotatable bonds is 37. The van der Waals surface area contributed by atoms with Crippen molar-refractivity contribution in [1.82, 2.24) is 0 Å². The first-order valence-corrected chi connectivity index (χ1v) is 21.2. The fourth-order valence-corrected chi connectivity index (χ4v) is 5.90. The van der Waals surface area contributed by atoms with Gasteiger partial charge in [-0.1, -0.05) is 140 Å². The SMILES string of the molecule is CCCCC/C=C/C/C=C/C/C=C/C/C=C/CCCCCCCC(=O)OC(COCCC(C(=O)O)[N+](C)(C)C)COC(=O)CCCCCCCCCC. The molecule has 0 amide bonds. The summed E-state index contributed by atoms with van der Waals surface area (Å²) < 4.78 is 17.2. The van der Waals surface area contributed by atoms with Crippen LogP contribution in [0.25, 0.3) is 0 Å². The molecule has 2 atom stereocenters. The van der Waals surface area contributed by atoms with Crippen LogP contribution in [-0.2, 0) is 28.6 Å². The Morgan fingerprint density at radius 2 is 1.00 bits per heavy atom. The molecule has 0 aromatic rings. The third kappa shape index (κ3) is 34.8. The number of unbranched alkanes of at least 4 members (excludes halogenated alkanes) is 15. The molecule has 53 heavy (non-hydrogen) atoms. The van der Waals surface area contributed by atoms with E-state index >= 15 is 0 Å². The Hall–Kier alpha value is -2.71. The molecule has 1 N–H and O–H groups in total. The molecular weight excluding hydrogens is 666 g/mol. The lowest BCUT2D eigenvalue weighted by atomic mass is 10.1. The van der Waals surface area contributed by atoms with Crippen molar-refractivity contribution in [2.24, 2.45) is 0 Å². The second-order valence-electron chi connectivity index (χ2n) is 15.2. The van der Waals surface area contributed by atoms with Gasteiger partial charge in [0.1, 0.15) is 6.61 Å². The quantitative estimate of drug-likeness (QED) is 0.0292. The van der Waals surface area contributed by atoms with Crippen molar-refractivity contribution < 1.29 is 38.2 Å². The van der Waals surface area contributed by atoms with Gasteiger partial charge in [0.15, 0.2) is 12.1 Å². The highest BCUT2D eigenvalue weighted by atomic mass is 16.6. The number of carbonyl (C=O) groups is 3. The molecule has 0 saturated heterocycles. The summed E-state index contributed by atoms with van der Waals surface area (Å²) in [6.45, 7) is 4.65. The Balaban J connectivity index is 4.33. The fourth-order valence-electron chi connectivity index (χ4n) is 5.90. The Kier molecular flexibility index (Phi) is 34.4. The van der Waals surface area contributed by atoms with Gasteiger partial charge in [-0.3, -0.25) is 9.59 Å². The van der Waals surface area contributed by atoms with E-state index in [0.29, 0.717) is 19.3 Å². The van der Waals surface area contributed by atoms with Crippen molar-refractivity contribution >= 4 is 17.9 Å². The number of allylic oxidation sites excluding steroid dienone is 8. The van der Waals surface area contributed by atoms with Crippen LogP contribution >= 0.6 is 0 Å². The number of hydrogen-bond donors (Lipinski definition) is 1. The van der Waals surface area contributed by atoms with Crippen LogP contribution in [0.3, 0.4) is 0 Å². The molecule has 2 unspecified atom stereocenters. The summed E-state index contributed by atoms with van der Waals surface area (Å²) in [4.78, 5) is 36.8. The van der Waals surface area contributed by atoms with Crippen LogP contribution in [0.1, 0.15) is 168 Å². The molecule has 0 aromatic heterocycles. The molecule has 8 nitrogen and oxygen atoms in total. The Morgan fingerprint density at radius 3 is 1.51 bits per heavy atom. The number of carbonyl (C=O) groups excluding carboxylic acids is 2. The number of esters is 2. The zero-order valence-electron chi connectivity index (χ0n) is 34.7. The number of quaternary nitrogens is 1. The van der Waals surface area contributed by atoms with Crippen molar-refractivity contribution in [3.05, 3.63) is 48.6 Å². The number of carboxylic acids is 1. The van der Waals surface area contributed by atoms with Crippen LogP contribution < -0.4 is 0 Å². The smallest absolute Gasteiger partial charge is 0.362 e. The average Bonchev–Trinajstić information content (AvgIpc) is 3.11. The number of aliphatic carboxylic acids is 1. The molecule has 306 valence electrons. The number of likely N-dealkylation sites (N-methyl/N-ethyl adjacent to an activating group) is 1. The lowest BCUT2D eigenvalue weighted by molar-refractivity contribution is -0.887. The average molecular weight is 747 g/mol. The van der Waals surface area contributed by atoms with Gasteiger partial charge in [-0.05, 0) is 57.8 Å². The molecule has 0 aromatic carbocycles. The van der Waals surface area contributed by atoms with Crippen molar-refractivity contribution in [1.29, 1.82) is 0 Å². The second-order valence-corrected chi connectivity index (χ2v) is 15.2. The van der Waals surface area contributed by atoms with Crippen LogP contribution in [0.4, 0.5) is 0 Å². The van der Waals surface area contributed by atoms with Crippen LogP contribution in [0.5, 0.6) is 0 Å². The van der Waals surface area contributed by atoms with Crippen molar-refractivity contribution in [3.8, 4) is 0 Å². The molecule has 0 fully saturated rings. The minimum atomic E-state index is -0.880. The maximum Gasteiger partial charge on any atom is 0.362 e. The maximum atomic E-state index is 12.7. The summed E-state index contributed by atoms with van der Waals surface area (Å²) in [7, 11) is 5.51. The van der Waals surface area contributed by atoms with Crippen LogP contribution in [-0.4, -0.2) is 80.6 Å². The van der Waals surface area contributed by atoms with Crippen LogP contribution in [0, 0.1) is 0 Å². The summed E-state index contributed by atoms with van der Waals surface area (Å²) in [5.41, 5.74) is 0. The summed E-state index contributed by atoms with van der Waals surface area (Å²) in [5.74, 6) is -1.50. The number of nitrogens with zero attached hydrogens (tertiary/aromatic N) is 1. The van der Waals surface area contributed by atoms with Gasteiger partial charge in [-0.15, -0.1) is 0 Å². The zero-order chi connectivity index (χ0) is 39.3. The lowest BCUT2D eigenvalue weighted by Gasteiger charge is -2.31. The van der Waals surface area contributed by atoms with Gasteiger partial charge >= 0.3 is 17.9 Å². The molecule has 0 bridgehead atoms. The number of carboxylic acid groups (broad SMARTS) is 1. The van der Waals surface area contributed by atoms with E-state index in [1.54, 1.807) is 0 Å². The van der Waals surface area contributed by atoms with E-state index in [4.69, 9.17) is 14.2 Å². The first-order valence-electron chi connectivity index (χ1n) is 21.2. The molecule has 0 rings (SSSR count). The first kappa shape index (κ1) is 50.3. The normalized spacial score (nSPS) is 13.5. The molecule has 0 heterocycles. The van der Waals surface area contributed by atoms with Gasteiger partial charge in [-0.25, -0.2) is 4.79 Å². The minimum Gasteiger partial charge on any atom is -0.477 e. The highest BCUT2D eigenvalue weighted by Gasteiger charge is 2.31. The molecule has 8 heteroatoms. The molecular formula is C45H80NO7+. The molecule has 0 aliphatic carbocycles. The Labute approximate surface area is 325 Å². The van der Waals surface area contributed by atoms with E-state index in [9.17, 15) is 19.5 Å². The first-order chi connectivity index (χ1) is 25.6. The van der Waals surface area contributed by atoms with Crippen molar-refractivity contribution in [2.75, 3.05) is 41.0 Å². The topological polar surface area (TPSA) is 99.1 Å². The van der Waals surface area contributed by atoms with E-state index in [2.05, 4.69) is 62.5 Å². The molecule has 0 spiro atoms. The Bertz CT molecular complexity index is 1010. The van der Waals surface area contributed by atoms with Crippen molar-refractivity contribution in [3.63, 3.8) is 0 Å². The van der Waals surface area contributed by atoms with Gasteiger partial charge in [0.2, 0.25) is 0 Å². The van der Waals surface area contributed by atoms with E-state index in [0.717, 1.165) is 77.0 Å². The highest BCUT2D eigenvalue weighted by molar-refractivity contribution is 5.72. The van der Waals surface area contributed by atoms with Gasteiger partial charge < -0.3 is 23.8 Å². The van der Waals surface area contributed by atoms with Gasteiger partial charge in [0.05, 0.1) is 34.4 Å². The summed E-state index contributed by atoms with van der Waals surface area (Å²) in [6, 6.07) is -0.617. The molecule has 0 aliphatic rings. The van der Waals surface area contributed by atoms with Gasteiger partial charge in [0, 0.05) is 19.3 Å². The van der Waals surface area contributed by atoms with E-state index in [-0.39, 0.29) is 36.2 Å². The second kappa shape index (κ2) is 36.3. The van der Waals surface area contributed by atoms with E-state index in [1.807, 2.05) is 21.1 Å². The molecule has 0 radical (unpaired) electrons. The van der Waals surface area contributed by atoms with Crippen LogP contribution in [0.15, 0.2) is 48.6 Å². The van der Waals surface area contributed by atoms with Gasteiger partial charge in [0.25, 0.3) is 0 Å². The van der Waals surface area contributed by atoms with Crippen molar-refractivity contribution in [2.45, 2.75) is 180 Å². The summed E-state index contributed by atoms with van der Waals surface area (Å²) in [5, 5.41) is 9.59. The molecule has 0 aliphatic heterocycles. The molecule has 0 saturated carbocycles. The largest absolute Gasteiger partial charge is 0.477 e. The van der Waals surface area contributed by atoms with Gasteiger partial charge in [-0.2, -0.15) is 0 Å². The van der Waals surface area contributed by atoms with E-state index < -0.39 is 18.1 Å². The number of hydrogen-bond acceptors (Lipinski definition) is 6. The van der Waals surface area contributed by atoms with Crippen LogP contribution in [0.2, 0.25) is 0 Å². The maximum absolute atomic E-state index is 12.7. The highest BCUT2D eigenvalue weighted by Crippen LogP contribution is 2.13.